The number of nitrogens with one attached hydrogen (secondary N) is 1. The molecule has 0 radical (unpaired) electrons. The van der Waals surface area contributed by atoms with E-state index in [4.69, 9.17) is 9.84 Å². The highest BCUT2D eigenvalue weighted by atomic mass is 16.5. The molecule has 2 N–H and O–H groups in total. The maximum absolute atomic E-state index is 8.90. The Morgan fingerprint density at radius 1 is 1.50 bits per heavy atom. The lowest BCUT2D eigenvalue weighted by Crippen LogP contribution is -2.31. The van der Waals surface area contributed by atoms with E-state index in [0.717, 1.165) is 19.8 Å². The van der Waals surface area contributed by atoms with Gasteiger partial charge in [-0.3, -0.25) is 0 Å². The van der Waals surface area contributed by atoms with Gasteiger partial charge in [0.15, 0.2) is 0 Å². The zero-order valence-corrected chi connectivity index (χ0v) is 5.92. The molecule has 0 aliphatic carbocycles. The molecule has 0 bridgehead atoms. The first-order valence-corrected chi connectivity index (χ1v) is 3.84. The molecule has 0 unspecified atom stereocenters. The number of hydrogen-bond donors (Lipinski definition) is 2. The fourth-order valence-electron chi connectivity index (χ4n) is 1.92. The fourth-order valence-corrected chi connectivity index (χ4v) is 1.92. The first-order valence-electron chi connectivity index (χ1n) is 3.84. The first-order chi connectivity index (χ1) is 4.92. The van der Waals surface area contributed by atoms with E-state index in [-0.39, 0.29) is 6.61 Å². The third kappa shape index (κ3) is 0.856. The molecule has 2 saturated heterocycles. The molecule has 3 heteroatoms. The van der Waals surface area contributed by atoms with Crippen LogP contribution in [0.1, 0.15) is 0 Å². The van der Waals surface area contributed by atoms with Gasteiger partial charge in [-0.25, -0.2) is 0 Å². The maximum atomic E-state index is 8.90. The topological polar surface area (TPSA) is 41.5 Å². The SMILES string of the molecule is OC[C@H]1NC[C@@H]2COC[C@@H]21. The molecule has 0 spiro atoms. The number of aliphatic hydroxyl groups is 1. The van der Waals surface area contributed by atoms with E-state index in [9.17, 15) is 0 Å². The second-order valence-corrected chi connectivity index (χ2v) is 3.16. The lowest BCUT2D eigenvalue weighted by atomic mass is 9.95. The summed E-state index contributed by atoms with van der Waals surface area (Å²) in [6.07, 6.45) is 0. The van der Waals surface area contributed by atoms with E-state index in [1.165, 1.54) is 0 Å². The lowest BCUT2D eigenvalue weighted by Gasteiger charge is -2.12. The fraction of sp³-hybridized carbons (Fsp3) is 1.00. The van der Waals surface area contributed by atoms with Gasteiger partial charge in [0.2, 0.25) is 0 Å². The Hall–Kier alpha value is -0.120. The van der Waals surface area contributed by atoms with Crippen molar-refractivity contribution in [2.24, 2.45) is 11.8 Å². The Bertz CT molecular complexity index is 129. The van der Waals surface area contributed by atoms with Crippen molar-refractivity contribution in [1.82, 2.24) is 5.32 Å². The Morgan fingerprint density at radius 2 is 2.40 bits per heavy atom. The highest BCUT2D eigenvalue weighted by molar-refractivity contribution is 4.92. The van der Waals surface area contributed by atoms with Gasteiger partial charge in [0, 0.05) is 24.4 Å². The van der Waals surface area contributed by atoms with E-state index in [2.05, 4.69) is 5.32 Å². The molecule has 3 atom stereocenters. The van der Waals surface area contributed by atoms with Crippen LogP contribution < -0.4 is 5.32 Å². The second kappa shape index (κ2) is 2.49. The largest absolute Gasteiger partial charge is 0.395 e. The zero-order valence-electron chi connectivity index (χ0n) is 5.92. The van der Waals surface area contributed by atoms with Crippen molar-refractivity contribution in [2.75, 3.05) is 26.4 Å². The number of aliphatic hydroxyl groups excluding tert-OH is 1. The van der Waals surface area contributed by atoms with Crippen LogP contribution in [0.4, 0.5) is 0 Å². The summed E-state index contributed by atoms with van der Waals surface area (Å²) in [4.78, 5) is 0. The van der Waals surface area contributed by atoms with Crippen LogP contribution in [0.25, 0.3) is 0 Å². The number of ether oxygens (including phenoxy) is 1. The molecule has 0 saturated carbocycles. The van der Waals surface area contributed by atoms with Crippen molar-refractivity contribution in [1.29, 1.82) is 0 Å². The molecular weight excluding hydrogens is 130 g/mol. The quantitative estimate of drug-likeness (QED) is 0.505. The van der Waals surface area contributed by atoms with Crippen molar-refractivity contribution in [2.45, 2.75) is 6.04 Å². The van der Waals surface area contributed by atoms with E-state index in [0.29, 0.717) is 17.9 Å². The third-order valence-electron chi connectivity index (χ3n) is 2.60. The molecule has 10 heavy (non-hydrogen) atoms. The van der Waals surface area contributed by atoms with Crippen molar-refractivity contribution in [3.63, 3.8) is 0 Å². The van der Waals surface area contributed by atoms with Gasteiger partial charge < -0.3 is 15.2 Å². The van der Waals surface area contributed by atoms with Gasteiger partial charge in [-0.15, -0.1) is 0 Å². The third-order valence-corrected chi connectivity index (χ3v) is 2.60. The summed E-state index contributed by atoms with van der Waals surface area (Å²) in [5.41, 5.74) is 0. The van der Waals surface area contributed by atoms with Crippen molar-refractivity contribution >= 4 is 0 Å². The average molecular weight is 143 g/mol. The summed E-state index contributed by atoms with van der Waals surface area (Å²) in [6, 6.07) is 0.299. The minimum atomic E-state index is 0.254. The molecular formula is C7H13NO2. The predicted molar refractivity (Wildman–Crippen MR) is 36.7 cm³/mol. The van der Waals surface area contributed by atoms with Gasteiger partial charge in [-0.05, 0) is 0 Å². The summed E-state index contributed by atoms with van der Waals surface area (Å²) in [6.45, 7) is 3.00. The standard InChI is InChI=1S/C7H13NO2/c9-2-7-6-4-10-3-5(6)1-8-7/h5-9H,1-4H2/t5-,6+,7-/m1/s1. The highest BCUT2D eigenvalue weighted by Gasteiger charge is 2.39. The molecule has 0 aromatic rings. The molecule has 0 aromatic carbocycles. The van der Waals surface area contributed by atoms with Crippen molar-refractivity contribution in [3.8, 4) is 0 Å². The number of fused-ring (bicyclic) bond motifs is 1. The monoisotopic (exact) mass is 143 g/mol. The van der Waals surface area contributed by atoms with E-state index in [1.54, 1.807) is 0 Å². The van der Waals surface area contributed by atoms with Crippen LogP contribution in [-0.2, 0) is 4.74 Å². The van der Waals surface area contributed by atoms with Crippen LogP contribution in [0.15, 0.2) is 0 Å². The molecule has 2 heterocycles. The van der Waals surface area contributed by atoms with Gasteiger partial charge in [-0.2, -0.15) is 0 Å². The van der Waals surface area contributed by atoms with Crippen molar-refractivity contribution < 1.29 is 9.84 Å². The van der Waals surface area contributed by atoms with Crippen LogP contribution in [-0.4, -0.2) is 37.5 Å². The Kier molecular flexibility index (Phi) is 1.64. The van der Waals surface area contributed by atoms with Gasteiger partial charge in [0.1, 0.15) is 0 Å². The number of hydrogen-bond acceptors (Lipinski definition) is 3. The molecule has 2 aliphatic rings. The van der Waals surface area contributed by atoms with E-state index < -0.39 is 0 Å². The van der Waals surface area contributed by atoms with E-state index >= 15 is 0 Å². The van der Waals surface area contributed by atoms with Crippen LogP contribution in [0.2, 0.25) is 0 Å². The Balaban J connectivity index is 2.01. The first kappa shape index (κ1) is 6.58. The summed E-state index contributed by atoms with van der Waals surface area (Å²) in [5, 5.41) is 12.2. The predicted octanol–water partition coefficient (Wildman–Crippen LogP) is -0.787. The van der Waals surface area contributed by atoms with Crippen LogP contribution in [0, 0.1) is 11.8 Å². The second-order valence-electron chi connectivity index (χ2n) is 3.16. The maximum Gasteiger partial charge on any atom is 0.0588 e. The molecule has 3 nitrogen and oxygen atoms in total. The number of rotatable bonds is 1. The summed E-state index contributed by atoms with van der Waals surface area (Å²) >= 11 is 0. The zero-order chi connectivity index (χ0) is 6.97. The van der Waals surface area contributed by atoms with Crippen LogP contribution >= 0.6 is 0 Å². The molecule has 58 valence electrons. The molecule has 2 fully saturated rings. The minimum Gasteiger partial charge on any atom is -0.395 e. The summed E-state index contributed by atoms with van der Waals surface area (Å²) < 4.78 is 5.29. The van der Waals surface area contributed by atoms with Crippen molar-refractivity contribution in [3.05, 3.63) is 0 Å². The van der Waals surface area contributed by atoms with Gasteiger partial charge in [0.05, 0.1) is 19.8 Å². The summed E-state index contributed by atoms with van der Waals surface area (Å²) in [5.74, 6) is 1.24. The van der Waals surface area contributed by atoms with Gasteiger partial charge in [0.25, 0.3) is 0 Å². The normalized spacial score (nSPS) is 45.9. The van der Waals surface area contributed by atoms with E-state index in [1.807, 2.05) is 0 Å². The highest BCUT2D eigenvalue weighted by Crippen LogP contribution is 2.28. The molecule has 0 aromatic heterocycles. The smallest absolute Gasteiger partial charge is 0.0588 e. The Labute approximate surface area is 60.4 Å². The molecule has 0 amide bonds. The Morgan fingerprint density at radius 3 is 3.20 bits per heavy atom. The molecule has 2 rings (SSSR count). The lowest BCUT2D eigenvalue weighted by molar-refractivity contribution is 0.154. The minimum absolute atomic E-state index is 0.254. The van der Waals surface area contributed by atoms with Crippen LogP contribution in [0.3, 0.4) is 0 Å². The van der Waals surface area contributed by atoms with Crippen LogP contribution in [0.5, 0.6) is 0 Å². The van der Waals surface area contributed by atoms with Gasteiger partial charge >= 0.3 is 0 Å². The average Bonchev–Trinajstić information content (AvgIpc) is 2.44. The molecule has 2 aliphatic heterocycles. The summed E-state index contributed by atoms with van der Waals surface area (Å²) in [7, 11) is 0. The van der Waals surface area contributed by atoms with Gasteiger partial charge in [-0.1, -0.05) is 0 Å².